The molecule has 0 bridgehead atoms. The summed E-state index contributed by atoms with van der Waals surface area (Å²) < 4.78 is 10.8. The number of nitrogens with one attached hydrogen (secondary N) is 1. The van der Waals surface area contributed by atoms with Crippen LogP contribution in [0.15, 0.2) is 85.2 Å². The van der Waals surface area contributed by atoms with E-state index >= 15 is 0 Å². The Morgan fingerprint density at radius 3 is 2.19 bits per heavy atom. The number of amides is 1. The van der Waals surface area contributed by atoms with Crippen LogP contribution < -0.4 is 14.8 Å². The summed E-state index contributed by atoms with van der Waals surface area (Å²) in [5, 5.41) is 3.51. The normalized spacial score (nSPS) is 10.4. The van der Waals surface area contributed by atoms with Crippen LogP contribution >= 0.6 is 11.6 Å². The molecule has 0 aliphatic rings. The molecule has 3 aromatic carbocycles. The van der Waals surface area contributed by atoms with Gasteiger partial charge in [0.1, 0.15) is 11.5 Å². The summed E-state index contributed by atoms with van der Waals surface area (Å²) in [6, 6.07) is 22.1. The van der Waals surface area contributed by atoms with Gasteiger partial charge in [-0.25, -0.2) is 9.97 Å². The maximum absolute atomic E-state index is 12.4. The molecule has 0 atom stereocenters. The lowest BCUT2D eigenvalue weighted by Crippen LogP contribution is -2.22. The molecule has 4 aromatic rings. The number of nitrogens with zero attached hydrogens (tertiary/aromatic N) is 2. The zero-order chi connectivity index (χ0) is 22.3. The molecule has 0 radical (unpaired) electrons. The second kappa shape index (κ2) is 9.94. The van der Waals surface area contributed by atoms with Crippen LogP contribution in [-0.2, 0) is 6.54 Å². The van der Waals surface area contributed by atoms with Crippen LogP contribution in [0.3, 0.4) is 0 Å². The molecule has 0 aliphatic heterocycles. The highest BCUT2D eigenvalue weighted by Gasteiger charge is 2.08. The smallest absolute Gasteiger partial charge is 0.321 e. The Balaban J connectivity index is 1.37. The van der Waals surface area contributed by atoms with Gasteiger partial charge in [-0.2, -0.15) is 0 Å². The standard InChI is InChI=1S/C25H20ClN3O3/c1-31-21-10-12-22(13-11-21)32-25-28-15-20(16-29-25)17-6-8-18(9-7-17)24(30)27-14-19-4-2-3-5-23(19)26/h2-13,15-16H,14H2,1H3,(H,27,30). The Hall–Kier alpha value is -3.90. The summed E-state index contributed by atoms with van der Waals surface area (Å²) in [6.07, 6.45) is 3.36. The topological polar surface area (TPSA) is 73.3 Å². The Labute approximate surface area is 190 Å². The average molecular weight is 446 g/mol. The molecule has 7 heteroatoms. The largest absolute Gasteiger partial charge is 0.497 e. The van der Waals surface area contributed by atoms with Gasteiger partial charge in [-0.15, -0.1) is 0 Å². The molecule has 1 amide bonds. The van der Waals surface area contributed by atoms with Gasteiger partial charge in [0.25, 0.3) is 5.91 Å². The van der Waals surface area contributed by atoms with Gasteiger partial charge in [-0.1, -0.05) is 41.9 Å². The lowest BCUT2D eigenvalue weighted by atomic mass is 10.1. The third-order valence-corrected chi connectivity index (χ3v) is 5.14. The number of hydrogen-bond donors (Lipinski definition) is 1. The first kappa shape index (κ1) is 21.3. The number of halogens is 1. The van der Waals surface area contributed by atoms with Gasteiger partial charge in [0, 0.05) is 35.1 Å². The predicted octanol–water partition coefficient (Wildman–Crippen LogP) is 5.53. The zero-order valence-electron chi connectivity index (χ0n) is 17.3. The van der Waals surface area contributed by atoms with Crippen molar-refractivity contribution in [2.45, 2.75) is 6.54 Å². The molecular weight excluding hydrogens is 426 g/mol. The summed E-state index contributed by atoms with van der Waals surface area (Å²) in [4.78, 5) is 21.0. The molecule has 0 saturated carbocycles. The van der Waals surface area contributed by atoms with Crippen LogP contribution in [0.5, 0.6) is 17.5 Å². The number of carbonyl (C=O) groups is 1. The van der Waals surface area contributed by atoms with Crippen LogP contribution in [-0.4, -0.2) is 23.0 Å². The fourth-order valence-corrected chi connectivity index (χ4v) is 3.20. The fraction of sp³-hybridized carbons (Fsp3) is 0.0800. The Kier molecular flexibility index (Phi) is 6.63. The van der Waals surface area contributed by atoms with Gasteiger partial charge in [-0.05, 0) is 53.6 Å². The van der Waals surface area contributed by atoms with E-state index in [1.54, 1.807) is 62.0 Å². The van der Waals surface area contributed by atoms with Crippen molar-refractivity contribution in [2.75, 3.05) is 7.11 Å². The fourth-order valence-electron chi connectivity index (χ4n) is 3.00. The van der Waals surface area contributed by atoms with Gasteiger partial charge in [0.15, 0.2) is 0 Å². The summed E-state index contributed by atoms with van der Waals surface area (Å²) >= 11 is 6.13. The lowest BCUT2D eigenvalue weighted by Gasteiger charge is -2.08. The van der Waals surface area contributed by atoms with Gasteiger partial charge in [0.05, 0.1) is 7.11 Å². The minimum Gasteiger partial charge on any atom is -0.497 e. The SMILES string of the molecule is COc1ccc(Oc2ncc(-c3ccc(C(=O)NCc4ccccc4Cl)cc3)cn2)cc1. The van der Waals surface area contributed by atoms with E-state index in [4.69, 9.17) is 21.1 Å². The van der Waals surface area contributed by atoms with Crippen LogP contribution in [0.1, 0.15) is 15.9 Å². The maximum Gasteiger partial charge on any atom is 0.321 e. The first-order chi connectivity index (χ1) is 15.6. The summed E-state index contributed by atoms with van der Waals surface area (Å²) in [5.74, 6) is 1.19. The van der Waals surface area contributed by atoms with E-state index in [0.29, 0.717) is 22.9 Å². The molecule has 1 N–H and O–H groups in total. The van der Waals surface area contributed by atoms with Gasteiger partial charge >= 0.3 is 6.01 Å². The third-order valence-electron chi connectivity index (χ3n) is 4.77. The van der Waals surface area contributed by atoms with E-state index in [1.165, 1.54) is 0 Å². The second-order valence-electron chi connectivity index (χ2n) is 6.88. The van der Waals surface area contributed by atoms with E-state index in [2.05, 4.69) is 15.3 Å². The van der Waals surface area contributed by atoms with E-state index in [-0.39, 0.29) is 11.9 Å². The summed E-state index contributed by atoms with van der Waals surface area (Å²) in [7, 11) is 1.61. The van der Waals surface area contributed by atoms with Crippen molar-refractivity contribution in [3.63, 3.8) is 0 Å². The van der Waals surface area contributed by atoms with Gasteiger partial charge in [-0.3, -0.25) is 4.79 Å². The molecule has 0 unspecified atom stereocenters. The van der Waals surface area contributed by atoms with Crippen molar-refractivity contribution in [3.05, 3.63) is 101 Å². The number of carbonyl (C=O) groups excluding carboxylic acids is 1. The lowest BCUT2D eigenvalue weighted by molar-refractivity contribution is 0.0951. The molecule has 0 saturated heterocycles. The number of hydrogen-bond acceptors (Lipinski definition) is 5. The zero-order valence-corrected chi connectivity index (χ0v) is 18.0. The van der Waals surface area contributed by atoms with Gasteiger partial charge < -0.3 is 14.8 Å². The Morgan fingerprint density at radius 2 is 1.53 bits per heavy atom. The van der Waals surface area contributed by atoms with Crippen molar-refractivity contribution < 1.29 is 14.3 Å². The number of ether oxygens (including phenoxy) is 2. The van der Waals surface area contributed by atoms with E-state index in [9.17, 15) is 4.79 Å². The van der Waals surface area contributed by atoms with Crippen molar-refractivity contribution in [3.8, 4) is 28.6 Å². The van der Waals surface area contributed by atoms with Crippen LogP contribution in [0.4, 0.5) is 0 Å². The molecule has 4 rings (SSSR count). The Morgan fingerprint density at radius 1 is 0.875 bits per heavy atom. The van der Waals surface area contributed by atoms with Crippen LogP contribution in [0.25, 0.3) is 11.1 Å². The molecule has 6 nitrogen and oxygen atoms in total. The molecule has 0 fully saturated rings. The summed E-state index contributed by atoms with van der Waals surface area (Å²) in [6.45, 7) is 0.365. The van der Waals surface area contributed by atoms with Crippen molar-refractivity contribution in [1.29, 1.82) is 0 Å². The van der Waals surface area contributed by atoms with E-state index in [1.807, 2.05) is 30.3 Å². The predicted molar refractivity (Wildman–Crippen MR) is 123 cm³/mol. The van der Waals surface area contributed by atoms with E-state index in [0.717, 1.165) is 22.4 Å². The third kappa shape index (κ3) is 5.22. The quantitative estimate of drug-likeness (QED) is 0.405. The average Bonchev–Trinajstić information content (AvgIpc) is 2.84. The molecule has 1 heterocycles. The first-order valence-corrected chi connectivity index (χ1v) is 10.3. The molecule has 0 spiro atoms. The van der Waals surface area contributed by atoms with Crippen LogP contribution in [0, 0.1) is 0 Å². The monoisotopic (exact) mass is 445 g/mol. The van der Waals surface area contributed by atoms with E-state index < -0.39 is 0 Å². The highest BCUT2D eigenvalue weighted by atomic mass is 35.5. The number of rotatable bonds is 7. The molecular formula is C25H20ClN3O3. The minimum absolute atomic E-state index is 0.170. The highest BCUT2D eigenvalue weighted by Crippen LogP contribution is 2.23. The molecule has 32 heavy (non-hydrogen) atoms. The van der Waals surface area contributed by atoms with Crippen molar-refractivity contribution in [2.24, 2.45) is 0 Å². The molecule has 160 valence electrons. The highest BCUT2D eigenvalue weighted by molar-refractivity contribution is 6.31. The minimum atomic E-state index is -0.170. The van der Waals surface area contributed by atoms with Crippen molar-refractivity contribution in [1.82, 2.24) is 15.3 Å². The van der Waals surface area contributed by atoms with Gasteiger partial charge in [0.2, 0.25) is 0 Å². The van der Waals surface area contributed by atoms with Crippen LogP contribution in [0.2, 0.25) is 5.02 Å². The van der Waals surface area contributed by atoms with Crippen molar-refractivity contribution >= 4 is 17.5 Å². The second-order valence-corrected chi connectivity index (χ2v) is 7.29. The maximum atomic E-state index is 12.4. The summed E-state index contributed by atoms with van der Waals surface area (Å²) in [5.41, 5.74) is 3.13. The Bertz CT molecular complexity index is 1190. The number of benzene rings is 3. The number of methoxy groups -OCH3 is 1. The molecule has 0 aliphatic carbocycles. The number of aromatic nitrogens is 2. The first-order valence-electron chi connectivity index (χ1n) is 9.88. The molecule has 1 aromatic heterocycles.